The van der Waals surface area contributed by atoms with E-state index < -0.39 is 0 Å². The molecule has 0 unspecified atom stereocenters. The molecule has 0 bridgehead atoms. The second kappa shape index (κ2) is 3.49. The van der Waals surface area contributed by atoms with Gasteiger partial charge in [-0.3, -0.25) is 4.90 Å². The summed E-state index contributed by atoms with van der Waals surface area (Å²) in [5.41, 5.74) is 3.17. The molecular formula is C14H17N. The lowest BCUT2D eigenvalue weighted by molar-refractivity contribution is 0.179. The van der Waals surface area contributed by atoms with Gasteiger partial charge in [-0.05, 0) is 25.5 Å². The SMILES string of the molecule is CN1CCC=C2C[C@@H](c3ccccc3)[C@H]21. The Morgan fingerprint density at radius 2 is 2.00 bits per heavy atom. The fourth-order valence-electron chi connectivity index (χ4n) is 2.97. The molecule has 1 saturated carbocycles. The topological polar surface area (TPSA) is 3.24 Å². The van der Waals surface area contributed by atoms with E-state index >= 15 is 0 Å². The lowest BCUT2D eigenvalue weighted by atomic mass is 9.68. The summed E-state index contributed by atoms with van der Waals surface area (Å²) >= 11 is 0. The highest BCUT2D eigenvalue weighted by Crippen LogP contribution is 2.45. The number of benzene rings is 1. The second-order valence-electron chi connectivity index (χ2n) is 4.71. The zero-order valence-corrected chi connectivity index (χ0v) is 9.19. The van der Waals surface area contributed by atoms with Gasteiger partial charge in [0.25, 0.3) is 0 Å². The first-order valence-corrected chi connectivity index (χ1v) is 5.80. The molecule has 2 atom stereocenters. The third-order valence-corrected chi connectivity index (χ3v) is 3.81. The summed E-state index contributed by atoms with van der Waals surface area (Å²) in [5.74, 6) is 0.739. The Kier molecular flexibility index (Phi) is 2.14. The van der Waals surface area contributed by atoms with Crippen molar-refractivity contribution < 1.29 is 0 Å². The van der Waals surface area contributed by atoms with Crippen LogP contribution in [0.15, 0.2) is 42.0 Å². The summed E-state index contributed by atoms with van der Waals surface area (Å²) in [6.45, 7) is 1.22. The van der Waals surface area contributed by atoms with E-state index in [1.165, 1.54) is 24.9 Å². The maximum absolute atomic E-state index is 2.51. The van der Waals surface area contributed by atoms with E-state index in [2.05, 4.69) is 48.4 Å². The van der Waals surface area contributed by atoms with Crippen LogP contribution in [0.25, 0.3) is 0 Å². The molecule has 78 valence electrons. The standard InChI is InChI=1S/C14H17N/c1-15-9-5-8-12-10-13(14(12)15)11-6-3-2-4-7-11/h2-4,6-8,13-14H,5,9-10H2,1H3/t13-,14-/m0/s1. The van der Waals surface area contributed by atoms with Crippen molar-refractivity contribution in [1.29, 1.82) is 0 Å². The summed E-state index contributed by atoms with van der Waals surface area (Å²) in [6, 6.07) is 11.6. The van der Waals surface area contributed by atoms with Crippen LogP contribution in [0.1, 0.15) is 24.3 Å². The van der Waals surface area contributed by atoms with E-state index in [0.717, 1.165) is 5.92 Å². The van der Waals surface area contributed by atoms with Crippen molar-refractivity contribution in [3.05, 3.63) is 47.5 Å². The lowest BCUT2D eigenvalue weighted by Crippen LogP contribution is -2.48. The molecule has 0 aromatic heterocycles. The van der Waals surface area contributed by atoms with Crippen molar-refractivity contribution in [2.45, 2.75) is 24.8 Å². The van der Waals surface area contributed by atoms with Gasteiger partial charge in [-0.25, -0.2) is 0 Å². The highest BCUT2D eigenvalue weighted by Gasteiger charge is 2.40. The van der Waals surface area contributed by atoms with E-state index in [0.29, 0.717) is 6.04 Å². The van der Waals surface area contributed by atoms with E-state index in [1.807, 2.05) is 0 Å². The molecule has 1 aliphatic heterocycles. The van der Waals surface area contributed by atoms with Crippen molar-refractivity contribution in [1.82, 2.24) is 4.90 Å². The summed E-state index contributed by atoms with van der Waals surface area (Å²) in [6.07, 6.45) is 4.97. The molecule has 1 heterocycles. The molecule has 1 heteroatoms. The van der Waals surface area contributed by atoms with Crippen LogP contribution < -0.4 is 0 Å². The molecule has 1 aromatic carbocycles. The first-order valence-electron chi connectivity index (χ1n) is 5.80. The van der Waals surface area contributed by atoms with Crippen LogP contribution in [0, 0.1) is 0 Å². The van der Waals surface area contributed by atoms with E-state index in [9.17, 15) is 0 Å². The van der Waals surface area contributed by atoms with Crippen LogP contribution in [-0.4, -0.2) is 24.5 Å². The van der Waals surface area contributed by atoms with Gasteiger partial charge in [0.1, 0.15) is 0 Å². The second-order valence-corrected chi connectivity index (χ2v) is 4.71. The minimum atomic E-state index is 0.696. The molecule has 0 N–H and O–H groups in total. The van der Waals surface area contributed by atoms with E-state index in [1.54, 1.807) is 5.57 Å². The Morgan fingerprint density at radius 1 is 1.20 bits per heavy atom. The number of nitrogens with zero attached hydrogens (tertiary/aromatic N) is 1. The smallest absolute Gasteiger partial charge is 0.0376 e. The number of hydrogen-bond acceptors (Lipinski definition) is 1. The van der Waals surface area contributed by atoms with Crippen LogP contribution in [0.3, 0.4) is 0 Å². The Hall–Kier alpha value is -1.08. The number of fused-ring (bicyclic) bond motifs is 1. The molecule has 1 nitrogen and oxygen atoms in total. The van der Waals surface area contributed by atoms with Crippen LogP contribution in [0.5, 0.6) is 0 Å². The Morgan fingerprint density at radius 3 is 2.73 bits per heavy atom. The molecule has 0 spiro atoms. The van der Waals surface area contributed by atoms with E-state index in [-0.39, 0.29) is 0 Å². The zero-order chi connectivity index (χ0) is 10.3. The Bertz CT molecular complexity index is 380. The van der Waals surface area contributed by atoms with Crippen molar-refractivity contribution in [3.8, 4) is 0 Å². The monoisotopic (exact) mass is 199 g/mol. The first kappa shape index (κ1) is 9.17. The third kappa shape index (κ3) is 1.42. The minimum Gasteiger partial charge on any atom is -0.299 e. The van der Waals surface area contributed by atoms with Crippen molar-refractivity contribution in [2.75, 3.05) is 13.6 Å². The van der Waals surface area contributed by atoms with Gasteiger partial charge >= 0.3 is 0 Å². The number of likely N-dealkylation sites (N-methyl/N-ethyl adjacent to an activating group) is 1. The first-order chi connectivity index (χ1) is 7.36. The summed E-state index contributed by atoms with van der Waals surface area (Å²) in [4.78, 5) is 2.51. The average molecular weight is 199 g/mol. The maximum Gasteiger partial charge on any atom is 0.0376 e. The molecule has 15 heavy (non-hydrogen) atoms. The predicted octanol–water partition coefficient (Wildman–Crippen LogP) is 2.80. The number of rotatable bonds is 1. The van der Waals surface area contributed by atoms with Gasteiger partial charge in [-0.1, -0.05) is 42.0 Å². The molecule has 1 aromatic rings. The van der Waals surface area contributed by atoms with Gasteiger partial charge in [0.15, 0.2) is 0 Å². The van der Waals surface area contributed by atoms with Gasteiger partial charge in [0, 0.05) is 18.5 Å². The third-order valence-electron chi connectivity index (χ3n) is 3.81. The summed E-state index contributed by atoms with van der Waals surface area (Å²) < 4.78 is 0. The fourth-order valence-corrected chi connectivity index (χ4v) is 2.97. The van der Waals surface area contributed by atoms with Gasteiger partial charge in [-0.2, -0.15) is 0 Å². The molecule has 3 rings (SSSR count). The zero-order valence-electron chi connectivity index (χ0n) is 9.19. The van der Waals surface area contributed by atoms with Crippen molar-refractivity contribution in [3.63, 3.8) is 0 Å². The fraction of sp³-hybridized carbons (Fsp3) is 0.429. The molecule has 0 radical (unpaired) electrons. The van der Waals surface area contributed by atoms with Crippen LogP contribution >= 0.6 is 0 Å². The molecule has 0 saturated heterocycles. The highest BCUT2D eigenvalue weighted by atomic mass is 15.1. The molecule has 1 fully saturated rings. The van der Waals surface area contributed by atoms with Gasteiger partial charge < -0.3 is 0 Å². The van der Waals surface area contributed by atoms with Crippen LogP contribution in [0.2, 0.25) is 0 Å². The van der Waals surface area contributed by atoms with Crippen molar-refractivity contribution in [2.24, 2.45) is 0 Å². The van der Waals surface area contributed by atoms with Gasteiger partial charge in [0.2, 0.25) is 0 Å². The normalized spacial score (nSPS) is 30.3. The largest absolute Gasteiger partial charge is 0.299 e. The summed E-state index contributed by atoms with van der Waals surface area (Å²) in [5, 5.41) is 0. The minimum absolute atomic E-state index is 0.696. The average Bonchev–Trinajstić information content (AvgIpc) is 2.22. The summed E-state index contributed by atoms with van der Waals surface area (Å²) in [7, 11) is 2.26. The molecule has 0 amide bonds. The van der Waals surface area contributed by atoms with Crippen LogP contribution in [0.4, 0.5) is 0 Å². The van der Waals surface area contributed by atoms with Crippen LogP contribution in [-0.2, 0) is 0 Å². The quantitative estimate of drug-likeness (QED) is 0.629. The predicted molar refractivity (Wildman–Crippen MR) is 62.9 cm³/mol. The Labute approximate surface area is 91.4 Å². The maximum atomic E-state index is 2.51. The number of hydrogen-bond donors (Lipinski definition) is 0. The molecule has 2 aliphatic rings. The molecular weight excluding hydrogens is 182 g/mol. The Balaban J connectivity index is 1.87. The van der Waals surface area contributed by atoms with Gasteiger partial charge in [-0.15, -0.1) is 0 Å². The lowest BCUT2D eigenvalue weighted by Gasteiger charge is -2.48. The van der Waals surface area contributed by atoms with Gasteiger partial charge in [0.05, 0.1) is 0 Å². The highest BCUT2D eigenvalue weighted by molar-refractivity contribution is 5.37. The molecule has 1 aliphatic carbocycles. The van der Waals surface area contributed by atoms with E-state index in [4.69, 9.17) is 0 Å². The van der Waals surface area contributed by atoms with Crippen molar-refractivity contribution >= 4 is 0 Å².